The van der Waals surface area contributed by atoms with Crippen LogP contribution >= 0.6 is 0 Å². The van der Waals surface area contributed by atoms with E-state index in [4.69, 9.17) is 5.11 Å². The smallest absolute Gasteiger partial charge is 0.312 e. The molecule has 88 valence electrons. The first kappa shape index (κ1) is 13.9. The lowest BCUT2D eigenvalue weighted by Crippen LogP contribution is -2.38. The molecule has 0 aromatic heterocycles. The van der Waals surface area contributed by atoms with Gasteiger partial charge >= 0.3 is 5.97 Å². The van der Waals surface area contributed by atoms with Crippen molar-refractivity contribution < 1.29 is 14.7 Å². The zero-order chi connectivity index (χ0) is 11.8. The van der Waals surface area contributed by atoms with E-state index in [1.165, 1.54) is 0 Å². The molecule has 0 heterocycles. The summed E-state index contributed by atoms with van der Waals surface area (Å²) in [5.41, 5.74) is 0. The quantitative estimate of drug-likeness (QED) is 0.521. The van der Waals surface area contributed by atoms with Gasteiger partial charge in [-0.05, 0) is 20.3 Å². The highest BCUT2D eigenvalue weighted by molar-refractivity contribution is 5.93. The summed E-state index contributed by atoms with van der Waals surface area (Å²) >= 11 is 0. The summed E-state index contributed by atoms with van der Waals surface area (Å²) in [6.07, 6.45) is 2.72. The number of carbonyl (C=O) groups is 2. The third-order valence-corrected chi connectivity index (χ3v) is 2.25. The maximum absolute atomic E-state index is 11.5. The minimum Gasteiger partial charge on any atom is -0.481 e. The molecule has 0 atom stereocenters. The van der Waals surface area contributed by atoms with Crippen molar-refractivity contribution in [2.24, 2.45) is 0 Å². The molecule has 15 heavy (non-hydrogen) atoms. The van der Waals surface area contributed by atoms with Crippen LogP contribution in [-0.4, -0.2) is 34.5 Å². The molecule has 0 fully saturated rings. The maximum atomic E-state index is 11.5. The summed E-state index contributed by atoms with van der Waals surface area (Å²) in [5.74, 6) is -1.34. The van der Waals surface area contributed by atoms with Crippen LogP contribution < -0.4 is 0 Å². The standard InChI is InChI=1S/C11H21NO3/c1-4-5-6-7-12(9(2)3)10(13)8-11(14)15/h9H,4-8H2,1-3H3,(H,14,15). The Morgan fingerprint density at radius 2 is 1.87 bits per heavy atom. The zero-order valence-electron chi connectivity index (χ0n) is 9.82. The van der Waals surface area contributed by atoms with Crippen molar-refractivity contribution in [3.8, 4) is 0 Å². The Hall–Kier alpha value is -1.06. The summed E-state index contributed by atoms with van der Waals surface area (Å²) in [6.45, 7) is 6.58. The van der Waals surface area contributed by atoms with Gasteiger partial charge in [-0.1, -0.05) is 19.8 Å². The molecule has 0 spiro atoms. The average Bonchev–Trinajstić information content (AvgIpc) is 2.10. The fraction of sp³-hybridized carbons (Fsp3) is 0.818. The lowest BCUT2D eigenvalue weighted by atomic mass is 10.2. The van der Waals surface area contributed by atoms with Gasteiger partial charge in [-0.2, -0.15) is 0 Å². The van der Waals surface area contributed by atoms with Gasteiger partial charge in [0.1, 0.15) is 6.42 Å². The van der Waals surface area contributed by atoms with E-state index in [1.54, 1.807) is 4.90 Å². The number of hydrogen-bond donors (Lipinski definition) is 1. The van der Waals surface area contributed by atoms with Crippen LogP contribution in [0.25, 0.3) is 0 Å². The molecule has 0 aromatic rings. The highest BCUT2D eigenvalue weighted by Crippen LogP contribution is 2.05. The van der Waals surface area contributed by atoms with Gasteiger partial charge in [-0.15, -0.1) is 0 Å². The maximum Gasteiger partial charge on any atom is 0.312 e. The fourth-order valence-electron chi connectivity index (χ4n) is 1.43. The van der Waals surface area contributed by atoms with E-state index in [1.807, 2.05) is 13.8 Å². The molecule has 0 unspecified atom stereocenters. The monoisotopic (exact) mass is 215 g/mol. The van der Waals surface area contributed by atoms with Crippen LogP contribution in [0.2, 0.25) is 0 Å². The van der Waals surface area contributed by atoms with E-state index in [-0.39, 0.29) is 11.9 Å². The van der Waals surface area contributed by atoms with Crippen molar-refractivity contribution in [3.05, 3.63) is 0 Å². The second-order valence-electron chi connectivity index (χ2n) is 3.96. The zero-order valence-corrected chi connectivity index (χ0v) is 9.82. The van der Waals surface area contributed by atoms with E-state index in [2.05, 4.69) is 6.92 Å². The summed E-state index contributed by atoms with van der Waals surface area (Å²) in [6, 6.07) is 0.0775. The molecule has 4 nitrogen and oxygen atoms in total. The molecule has 0 aromatic carbocycles. The lowest BCUT2D eigenvalue weighted by Gasteiger charge is -2.26. The van der Waals surface area contributed by atoms with E-state index < -0.39 is 12.4 Å². The Morgan fingerprint density at radius 3 is 2.27 bits per heavy atom. The van der Waals surface area contributed by atoms with Gasteiger partial charge in [0, 0.05) is 12.6 Å². The summed E-state index contributed by atoms with van der Waals surface area (Å²) in [4.78, 5) is 23.6. The molecule has 0 rings (SSSR count). The Morgan fingerprint density at radius 1 is 1.27 bits per heavy atom. The first-order chi connectivity index (χ1) is 6.99. The molecule has 1 amide bonds. The lowest BCUT2D eigenvalue weighted by molar-refractivity contribution is -0.145. The number of aliphatic carboxylic acids is 1. The van der Waals surface area contributed by atoms with Gasteiger partial charge in [0.2, 0.25) is 5.91 Å². The summed E-state index contributed by atoms with van der Waals surface area (Å²) in [5, 5.41) is 8.54. The first-order valence-corrected chi connectivity index (χ1v) is 5.50. The second-order valence-corrected chi connectivity index (χ2v) is 3.96. The molecular weight excluding hydrogens is 194 g/mol. The molecule has 0 aliphatic heterocycles. The molecule has 0 saturated carbocycles. The number of unbranched alkanes of at least 4 members (excludes halogenated alkanes) is 2. The van der Waals surface area contributed by atoms with Gasteiger partial charge in [0.15, 0.2) is 0 Å². The Kier molecular flexibility index (Phi) is 6.75. The van der Waals surface area contributed by atoms with Crippen molar-refractivity contribution in [1.82, 2.24) is 4.90 Å². The Balaban J connectivity index is 4.13. The average molecular weight is 215 g/mol. The fourth-order valence-corrected chi connectivity index (χ4v) is 1.43. The summed E-state index contributed by atoms with van der Waals surface area (Å²) < 4.78 is 0. The number of rotatable bonds is 7. The van der Waals surface area contributed by atoms with Crippen LogP contribution in [0.3, 0.4) is 0 Å². The van der Waals surface area contributed by atoms with Crippen molar-refractivity contribution in [2.45, 2.75) is 52.5 Å². The van der Waals surface area contributed by atoms with Crippen molar-refractivity contribution in [3.63, 3.8) is 0 Å². The molecule has 0 aliphatic rings. The normalized spacial score (nSPS) is 10.4. The van der Waals surface area contributed by atoms with E-state index in [9.17, 15) is 9.59 Å². The van der Waals surface area contributed by atoms with Gasteiger partial charge < -0.3 is 10.0 Å². The molecule has 0 saturated heterocycles. The number of carboxylic acid groups (broad SMARTS) is 1. The van der Waals surface area contributed by atoms with E-state index >= 15 is 0 Å². The minimum absolute atomic E-state index is 0.0775. The van der Waals surface area contributed by atoms with Gasteiger partial charge in [-0.3, -0.25) is 9.59 Å². The highest BCUT2D eigenvalue weighted by Gasteiger charge is 2.18. The van der Waals surface area contributed by atoms with Gasteiger partial charge in [0.25, 0.3) is 0 Å². The van der Waals surface area contributed by atoms with Gasteiger partial charge in [0.05, 0.1) is 0 Å². The highest BCUT2D eigenvalue weighted by atomic mass is 16.4. The number of amides is 1. The second kappa shape index (κ2) is 7.26. The van der Waals surface area contributed by atoms with Crippen molar-refractivity contribution in [2.75, 3.05) is 6.54 Å². The molecule has 0 radical (unpaired) electrons. The first-order valence-electron chi connectivity index (χ1n) is 5.50. The predicted molar refractivity (Wildman–Crippen MR) is 58.6 cm³/mol. The third-order valence-electron chi connectivity index (χ3n) is 2.25. The predicted octanol–water partition coefficient (Wildman–Crippen LogP) is 1.89. The largest absolute Gasteiger partial charge is 0.481 e. The molecule has 0 aliphatic carbocycles. The number of nitrogens with zero attached hydrogens (tertiary/aromatic N) is 1. The van der Waals surface area contributed by atoms with Crippen LogP contribution in [0.4, 0.5) is 0 Å². The molecule has 1 N–H and O–H groups in total. The Bertz CT molecular complexity index is 214. The molecule has 4 heteroatoms. The van der Waals surface area contributed by atoms with Crippen molar-refractivity contribution in [1.29, 1.82) is 0 Å². The van der Waals surface area contributed by atoms with E-state index in [0.29, 0.717) is 6.54 Å². The molecular formula is C11H21NO3. The van der Waals surface area contributed by atoms with Gasteiger partial charge in [-0.25, -0.2) is 0 Å². The van der Waals surface area contributed by atoms with Crippen LogP contribution in [0, 0.1) is 0 Å². The van der Waals surface area contributed by atoms with Crippen molar-refractivity contribution >= 4 is 11.9 Å². The van der Waals surface area contributed by atoms with Crippen LogP contribution in [-0.2, 0) is 9.59 Å². The number of carboxylic acids is 1. The topological polar surface area (TPSA) is 57.6 Å². The SMILES string of the molecule is CCCCCN(C(=O)CC(=O)O)C(C)C. The number of carbonyl (C=O) groups excluding carboxylic acids is 1. The van der Waals surface area contributed by atoms with E-state index in [0.717, 1.165) is 19.3 Å². The third kappa shape index (κ3) is 6.10. The summed E-state index contributed by atoms with van der Waals surface area (Å²) in [7, 11) is 0. The molecule has 0 bridgehead atoms. The van der Waals surface area contributed by atoms with Crippen LogP contribution in [0.1, 0.15) is 46.5 Å². The minimum atomic E-state index is -1.05. The number of hydrogen-bond acceptors (Lipinski definition) is 2. The van der Waals surface area contributed by atoms with Crippen LogP contribution in [0.5, 0.6) is 0 Å². The van der Waals surface area contributed by atoms with Crippen LogP contribution in [0.15, 0.2) is 0 Å². The Labute approximate surface area is 91.3 Å².